The summed E-state index contributed by atoms with van der Waals surface area (Å²) >= 11 is 0. The fourth-order valence-corrected chi connectivity index (χ4v) is 2.46. The first-order valence-corrected chi connectivity index (χ1v) is 7.40. The van der Waals surface area contributed by atoms with Crippen molar-refractivity contribution in [2.45, 2.75) is 6.42 Å². The Morgan fingerprint density at radius 2 is 2.04 bits per heavy atom. The number of carbonyl (C=O) groups excluding carboxylic acids is 1. The predicted octanol–water partition coefficient (Wildman–Crippen LogP) is 1.32. The maximum atomic E-state index is 11.6. The summed E-state index contributed by atoms with van der Waals surface area (Å²) in [6, 6.07) is 9.73. The smallest absolute Gasteiger partial charge is 0.337 e. The van der Waals surface area contributed by atoms with Crippen LogP contribution in [0, 0.1) is 11.3 Å². The molecule has 126 valence electrons. The highest BCUT2D eigenvalue weighted by molar-refractivity contribution is 5.93. The molecule has 0 spiro atoms. The van der Waals surface area contributed by atoms with E-state index >= 15 is 0 Å². The number of hydrogen-bond acceptors (Lipinski definition) is 7. The van der Waals surface area contributed by atoms with Gasteiger partial charge in [0.05, 0.1) is 18.2 Å². The second-order valence-electron chi connectivity index (χ2n) is 5.28. The lowest BCUT2D eigenvalue weighted by Gasteiger charge is -2.08. The van der Waals surface area contributed by atoms with Crippen LogP contribution in [0.4, 0.5) is 0 Å². The Labute approximate surface area is 142 Å². The molecule has 3 rings (SSSR count). The third-order valence-corrected chi connectivity index (χ3v) is 3.69. The highest BCUT2D eigenvalue weighted by Gasteiger charge is 2.15. The number of methoxy groups -OCH3 is 1. The van der Waals surface area contributed by atoms with E-state index in [2.05, 4.69) is 14.9 Å². The third kappa shape index (κ3) is 3.00. The number of phenolic OH excluding ortho intramolecular Hbond substituents is 1. The molecule has 1 heterocycles. The molecule has 25 heavy (non-hydrogen) atoms. The molecule has 0 amide bonds. The van der Waals surface area contributed by atoms with Gasteiger partial charge in [-0.1, -0.05) is 0 Å². The molecule has 8 nitrogen and oxygen atoms in total. The SMILES string of the molecule is COC(=O)c1ccc2nn(-c3cc(CCO)cc(C#N)c3O)nc2c1. The lowest BCUT2D eigenvalue weighted by atomic mass is 10.1. The minimum Gasteiger partial charge on any atom is -0.504 e. The van der Waals surface area contributed by atoms with Gasteiger partial charge in [0.25, 0.3) is 0 Å². The molecule has 0 bridgehead atoms. The van der Waals surface area contributed by atoms with E-state index in [4.69, 9.17) is 5.11 Å². The van der Waals surface area contributed by atoms with Gasteiger partial charge >= 0.3 is 5.97 Å². The number of aromatic nitrogens is 3. The maximum absolute atomic E-state index is 11.6. The molecule has 2 N–H and O–H groups in total. The number of carbonyl (C=O) groups is 1. The Bertz CT molecular complexity index is 1000. The molecular formula is C17H14N4O4. The van der Waals surface area contributed by atoms with Crippen LogP contribution in [0.1, 0.15) is 21.5 Å². The second kappa shape index (κ2) is 6.59. The minimum absolute atomic E-state index is 0.0672. The molecule has 1 aromatic heterocycles. The number of aromatic hydroxyl groups is 1. The second-order valence-corrected chi connectivity index (χ2v) is 5.28. The largest absolute Gasteiger partial charge is 0.504 e. The Kier molecular flexibility index (Phi) is 4.33. The molecule has 0 saturated carbocycles. The van der Waals surface area contributed by atoms with Crippen molar-refractivity contribution < 1.29 is 19.7 Å². The van der Waals surface area contributed by atoms with Crippen LogP contribution in [-0.4, -0.2) is 44.9 Å². The minimum atomic E-state index is -0.490. The van der Waals surface area contributed by atoms with Crippen molar-refractivity contribution in [3.63, 3.8) is 0 Å². The van der Waals surface area contributed by atoms with Crippen LogP contribution < -0.4 is 0 Å². The number of aliphatic hydroxyl groups excluding tert-OH is 1. The van der Waals surface area contributed by atoms with Gasteiger partial charge in [-0.05, 0) is 42.3 Å². The molecule has 8 heteroatoms. The van der Waals surface area contributed by atoms with Gasteiger partial charge in [-0.15, -0.1) is 15.0 Å². The van der Waals surface area contributed by atoms with Gasteiger partial charge in [0.1, 0.15) is 22.8 Å². The number of esters is 1. The molecule has 0 unspecified atom stereocenters. The van der Waals surface area contributed by atoms with Gasteiger partial charge in [-0.2, -0.15) is 5.26 Å². The Hall–Kier alpha value is -3.44. The molecular weight excluding hydrogens is 324 g/mol. The van der Waals surface area contributed by atoms with Crippen LogP contribution in [0.5, 0.6) is 5.75 Å². The predicted molar refractivity (Wildman–Crippen MR) is 87.4 cm³/mol. The average molecular weight is 338 g/mol. The first-order valence-electron chi connectivity index (χ1n) is 7.40. The van der Waals surface area contributed by atoms with Crippen molar-refractivity contribution in [1.29, 1.82) is 5.26 Å². The number of ether oxygens (including phenoxy) is 1. The van der Waals surface area contributed by atoms with Crippen molar-refractivity contribution in [3.05, 3.63) is 47.0 Å². The highest BCUT2D eigenvalue weighted by atomic mass is 16.5. The van der Waals surface area contributed by atoms with Gasteiger partial charge in [0.15, 0.2) is 5.75 Å². The van der Waals surface area contributed by atoms with E-state index in [1.807, 2.05) is 6.07 Å². The molecule has 0 radical (unpaired) electrons. The summed E-state index contributed by atoms with van der Waals surface area (Å²) in [5.41, 5.74) is 2.24. The molecule has 0 saturated heterocycles. The molecule has 0 aliphatic heterocycles. The number of hydrogen-bond donors (Lipinski definition) is 2. The quantitative estimate of drug-likeness (QED) is 0.688. The summed E-state index contributed by atoms with van der Waals surface area (Å²) in [5.74, 6) is -0.742. The number of rotatable bonds is 4. The summed E-state index contributed by atoms with van der Waals surface area (Å²) in [4.78, 5) is 12.8. The zero-order valence-corrected chi connectivity index (χ0v) is 13.3. The van der Waals surface area contributed by atoms with E-state index in [9.17, 15) is 15.2 Å². The van der Waals surface area contributed by atoms with Gasteiger partial charge in [-0.3, -0.25) is 0 Å². The van der Waals surface area contributed by atoms with E-state index in [0.717, 1.165) is 0 Å². The van der Waals surface area contributed by atoms with Gasteiger partial charge in [0, 0.05) is 6.61 Å². The normalized spacial score (nSPS) is 10.6. The Balaban J connectivity index is 2.14. The number of nitrogens with zero attached hydrogens (tertiary/aromatic N) is 4. The number of phenols is 1. The number of benzene rings is 2. The van der Waals surface area contributed by atoms with E-state index in [1.54, 1.807) is 18.2 Å². The number of aliphatic hydroxyl groups is 1. The number of fused-ring (bicyclic) bond motifs is 1. The lowest BCUT2D eigenvalue weighted by molar-refractivity contribution is 0.0601. The fraction of sp³-hybridized carbons (Fsp3) is 0.176. The monoisotopic (exact) mass is 338 g/mol. The summed E-state index contributed by atoms with van der Waals surface area (Å²) in [5, 5.41) is 37.1. The van der Waals surface area contributed by atoms with Gasteiger partial charge in [-0.25, -0.2) is 4.79 Å². The van der Waals surface area contributed by atoms with Crippen LogP contribution >= 0.6 is 0 Å². The zero-order chi connectivity index (χ0) is 18.0. The van der Waals surface area contributed by atoms with Gasteiger partial charge in [0.2, 0.25) is 0 Å². The topological polar surface area (TPSA) is 121 Å². The molecule has 0 aliphatic carbocycles. The van der Waals surface area contributed by atoms with Crippen LogP contribution in [0.2, 0.25) is 0 Å². The maximum Gasteiger partial charge on any atom is 0.337 e. The summed E-state index contributed by atoms with van der Waals surface area (Å²) in [6.45, 7) is -0.0912. The Morgan fingerprint density at radius 3 is 2.72 bits per heavy atom. The van der Waals surface area contributed by atoms with E-state index in [-0.39, 0.29) is 23.6 Å². The zero-order valence-electron chi connectivity index (χ0n) is 13.3. The van der Waals surface area contributed by atoms with E-state index in [0.29, 0.717) is 28.6 Å². The summed E-state index contributed by atoms with van der Waals surface area (Å²) in [6.07, 6.45) is 0.329. The van der Waals surface area contributed by atoms with Crippen LogP contribution in [0.15, 0.2) is 30.3 Å². The van der Waals surface area contributed by atoms with Crippen LogP contribution in [0.3, 0.4) is 0 Å². The fourth-order valence-electron chi connectivity index (χ4n) is 2.46. The van der Waals surface area contributed by atoms with Crippen molar-refractivity contribution in [2.75, 3.05) is 13.7 Å². The van der Waals surface area contributed by atoms with Crippen LogP contribution in [0.25, 0.3) is 16.7 Å². The van der Waals surface area contributed by atoms with Crippen LogP contribution in [-0.2, 0) is 11.2 Å². The first kappa shape index (κ1) is 16.4. The van der Waals surface area contributed by atoms with Gasteiger partial charge < -0.3 is 14.9 Å². The average Bonchev–Trinajstić information content (AvgIpc) is 3.05. The molecule has 0 fully saturated rings. The van der Waals surface area contributed by atoms with Crippen molar-refractivity contribution in [1.82, 2.24) is 15.0 Å². The molecule has 0 atom stereocenters. The van der Waals surface area contributed by atoms with Crippen molar-refractivity contribution >= 4 is 17.0 Å². The third-order valence-electron chi connectivity index (χ3n) is 3.69. The highest BCUT2D eigenvalue weighted by Crippen LogP contribution is 2.28. The Morgan fingerprint density at radius 1 is 1.28 bits per heavy atom. The lowest BCUT2D eigenvalue weighted by Crippen LogP contribution is -2.03. The molecule has 2 aromatic carbocycles. The first-order chi connectivity index (χ1) is 12.1. The number of nitriles is 1. The van der Waals surface area contributed by atoms with E-state index in [1.165, 1.54) is 24.0 Å². The summed E-state index contributed by atoms with van der Waals surface area (Å²) < 4.78 is 4.68. The van der Waals surface area contributed by atoms with E-state index < -0.39 is 5.97 Å². The molecule has 0 aliphatic rings. The standard InChI is InChI=1S/C17H14N4O4/c1-25-17(24)11-2-3-13-14(8-11)20-21(19-13)15-7-10(4-5-22)6-12(9-18)16(15)23/h2-3,6-8,22-23H,4-5H2,1H3. The van der Waals surface area contributed by atoms with Crippen molar-refractivity contribution in [2.24, 2.45) is 0 Å². The summed E-state index contributed by atoms with van der Waals surface area (Å²) in [7, 11) is 1.29. The molecule has 3 aromatic rings. The van der Waals surface area contributed by atoms with Crippen molar-refractivity contribution in [3.8, 4) is 17.5 Å².